The number of likely N-dealkylation sites (tertiary alicyclic amines) is 1. The largest absolute Gasteiger partial charge is 0.472 e. The number of halogens is 1. The minimum atomic E-state index is -1.47. The molecule has 4 aliphatic rings. The van der Waals surface area contributed by atoms with Gasteiger partial charge in [-0.05, 0) is 73.9 Å². The van der Waals surface area contributed by atoms with Crippen LogP contribution in [0.5, 0.6) is 5.88 Å². The summed E-state index contributed by atoms with van der Waals surface area (Å²) in [6.07, 6.45) is 6.80. The molecule has 3 heterocycles. The monoisotopic (exact) mass is 810 g/mol. The van der Waals surface area contributed by atoms with Crippen LogP contribution in [0.15, 0.2) is 42.6 Å². The maximum atomic E-state index is 14.9. The van der Waals surface area contributed by atoms with Crippen LogP contribution >= 0.6 is 23.8 Å². The molecule has 304 valence electrons. The van der Waals surface area contributed by atoms with Crippen LogP contribution in [0, 0.1) is 11.3 Å². The molecule has 1 unspecified atom stereocenters. The number of nitrogens with two attached hydrogens (primary N) is 1. The molecule has 0 radical (unpaired) electrons. The van der Waals surface area contributed by atoms with Crippen LogP contribution in [0.25, 0.3) is 0 Å². The van der Waals surface area contributed by atoms with Gasteiger partial charge in [-0.1, -0.05) is 77.1 Å². The van der Waals surface area contributed by atoms with Crippen LogP contribution in [0.4, 0.5) is 11.4 Å². The van der Waals surface area contributed by atoms with Gasteiger partial charge in [0.05, 0.1) is 29.0 Å². The van der Waals surface area contributed by atoms with Gasteiger partial charge >= 0.3 is 0 Å². The summed E-state index contributed by atoms with van der Waals surface area (Å²) in [4.78, 5) is 62.3. The number of carbonyl (C=O) groups is 4. The molecule has 2 aliphatic carbocycles. The fraction of sp³-hybridized carbons (Fsp3) is 0.600. The van der Waals surface area contributed by atoms with Crippen molar-refractivity contribution in [2.45, 2.75) is 134 Å². The van der Waals surface area contributed by atoms with E-state index in [2.05, 4.69) is 20.9 Å². The highest BCUT2D eigenvalue weighted by atomic mass is 35.5. The first-order chi connectivity index (χ1) is 26.7. The zero-order valence-electron chi connectivity index (χ0n) is 32.6. The van der Waals surface area contributed by atoms with Crippen LogP contribution in [-0.4, -0.2) is 97.7 Å². The number of hydrazine groups is 1. The third-order valence-corrected chi connectivity index (χ3v) is 11.7. The van der Waals surface area contributed by atoms with Crippen molar-refractivity contribution in [1.82, 2.24) is 30.8 Å². The zero-order chi connectivity index (χ0) is 40.3. The lowest BCUT2D eigenvalue weighted by molar-refractivity contribution is -0.145. The van der Waals surface area contributed by atoms with Gasteiger partial charge in [-0.25, -0.2) is 15.0 Å². The molecule has 4 fully saturated rings. The molecular formula is C40H55ClN8O6S. The molecule has 56 heavy (non-hydrogen) atoms. The number of rotatable bonds is 15. The first kappa shape index (κ1) is 41.4. The van der Waals surface area contributed by atoms with Crippen molar-refractivity contribution in [2.24, 2.45) is 11.3 Å². The van der Waals surface area contributed by atoms with Gasteiger partial charge in [0.2, 0.25) is 28.7 Å². The number of nitrogens with one attached hydrogen (secondary N) is 3. The number of carbonyl (C=O) groups excluding carboxylic acids is 4. The number of anilines is 2. The number of pyridine rings is 1. The number of nitrogens with zero attached hydrogens (tertiary/aromatic N) is 4. The average Bonchev–Trinajstić information content (AvgIpc) is 4.06. The lowest BCUT2D eigenvalue weighted by Crippen LogP contribution is -2.61. The van der Waals surface area contributed by atoms with Crippen LogP contribution in [0.2, 0.25) is 5.02 Å². The van der Waals surface area contributed by atoms with E-state index in [1.54, 1.807) is 23.2 Å². The number of aliphatic hydroxyl groups excluding tert-OH is 1. The van der Waals surface area contributed by atoms with Crippen molar-refractivity contribution in [2.75, 3.05) is 17.3 Å². The first-order valence-electron chi connectivity index (χ1n) is 19.8. The smallest absolute Gasteiger partial charge is 0.251 e. The van der Waals surface area contributed by atoms with Gasteiger partial charge < -0.3 is 36.4 Å². The minimum Gasteiger partial charge on any atom is -0.472 e. The molecule has 1 aromatic carbocycles. The standard InChI is InChI=1S/C40H55ClN8O6S/c1-5-11-28(33(50)37(53)44-25-17-18-25)45-35(51)30-20-26(55-31-19-16-24(41)21-43-31)22-47(30)38(54)34(40(2,3)4)46-36(52)32(23-12-7-6-8-13-23)49-39(56)48(49)29-15-10-9-14-27(29)42/h9-10,14-16,19,21,23,25-26,28,30,32-34,50H,5-8,11-13,17-18,20,22,42H2,1-4H3,(H,44,53)(H,45,51)(H,46,52)/t26-,28+,30+,32+,33?,34-,48?,49?/m1/s1. The quantitative estimate of drug-likeness (QED) is 0.0994. The Labute approximate surface area is 339 Å². The maximum absolute atomic E-state index is 14.9. The molecule has 6 N–H and O–H groups in total. The van der Waals surface area contributed by atoms with E-state index in [0.29, 0.717) is 34.4 Å². The van der Waals surface area contributed by atoms with E-state index in [4.69, 9.17) is 34.3 Å². The number of nitrogen functional groups attached to an aromatic ring is 1. The highest BCUT2D eigenvalue weighted by molar-refractivity contribution is 7.81. The number of benzene rings is 1. The SMILES string of the molecule is CCC[C@H](NC(=O)[C@@H]1C[C@@H](Oc2ccc(Cl)cn2)CN1C(=O)[C@@H](NC(=O)[C@H](C1CCCCC1)N1C(=S)N1c1ccccc1N)C(C)(C)C)C(O)C(=O)NC1CC1. The van der Waals surface area contributed by atoms with Gasteiger partial charge in [0.1, 0.15) is 24.2 Å². The summed E-state index contributed by atoms with van der Waals surface area (Å²) in [5, 5.41) is 24.4. The topological polar surface area (TPSA) is 182 Å². The molecule has 6 rings (SSSR count). The van der Waals surface area contributed by atoms with Crippen molar-refractivity contribution in [3.05, 3.63) is 47.6 Å². The molecule has 2 saturated carbocycles. The van der Waals surface area contributed by atoms with Crippen molar-refractivity contribution < 1.29 is 29.0 Å². The summed E-state index contributed by atoms with van der Waals surface area (Å²) < 4.78 is 6.18. The van der Waals surface area contributed by atoms with Crippen LogP contribution in [0.1, 0.15) is 91.9 Å². The molecule has 1 aromatic heterocycles. The summed E-state index contributed by atoms with van der Waals surface area (Å²) in [7, 11) is 0. The fourth-order valence-electron chi connectivity index (χ4n) is 7.87. The summed E-state index contributed by atoms with van der Waals surface area (Å²) in [6.45, 7) is 7.53. The van der Waals surface area contributed by atoms with Gasteiger partial charge in [0.15, 0.2) is 6.10 Å². The van der Waals surface area contributed by atoms with Gasteiger partial charge in [0, 0.05) is 24.7 Å². The van der Waals surface area contributed by atoms with Crippen LogP contribution in [0.3, 0.4) is 0 Å². The second-order valence-electron chi connectivity index (χ2n) is 16.6. The molecule has 2 saturated heterocycles. The number of aliphatic hydroxyl groups is 1. The number of hydrogen-bond donors (Lipinski definition) is 5. The van der Waals surface area contributed by atoms with Crippen LogP contribution < -0.4 is 31.4 Å². The highest BCUT2D eigenvalue weighted by Gasteiger charge is 2.53. The minimum absolute atomic E-state index is 0.0126. The number of amides is 4. The number of ether oxygens (including phenoxy) is 1. The van der Waals surface area contributed by atoms with Crippen LogP contribution in [-0.2, 0) is 19.2 Å². The third-order valence-electron chi connectivity index (χ3n) is 11.1. The fourth-order valence-corrected chi connectivity index (χ4v) is 8.33. The predicted octanol–water partition coefficient (Wildman–Crippen LogP) is 4.09. The zero-order valence-corrected chi connectivity index (χ0v) is 34.2. The van der Waals surface area contributed by atoms with E-state index in [1.165, 1.54) is 11.1 Å². The predicted molar refractivity (Wildman–Crippen MR) is 217 cm³/mol. The molecule has 2 aromatic rings. The third kappa shape index (κ3) is 9.66. The molecule has 0 bridgehead atoms. The Morgan fingerprint density at radius 2 is 1.75 bits per heavy atom. The first-order valence-corrected chi connectivity index (χ1v) is 20.6. The van der Waals surface area contributed by atoms with Crippen molar-refractivity contribution in [3.63, 3.8) is 0 Å². The summed E-state index contributed by atoms with van der Waals surface area (Å²) in [5.41, 5.74) is 6.77. The lowest BCUT2D eigenvalue weighted by atomic mass is 9.82. The number of thiocarbonyl (C=S) groups is 1. The molecule has 4 amide bonds. The normalized spacial score (nSPS) is 22.2. The summed E-state index contributed by atoms with van der Waals surface area (Å²) in [5.74, 6) is -1.60. The molecule has 0 spiro atoms. The van der Waals surface area contributed by atoms with Gasteiger partial charge in [0.25, 0.3) is 5.91 Å². The molecule has 6 atom stereocenters. The van der Waals surface area contributed by atoms with Gasteiger partial charge in [-0.3, -0.25) is 19.2 Å². The van der Waals surface area contributed by atoms with Crippen molar-refractivity contribution in [1.29, 1.82) is 0 Å². The maximum Gasteiger partial charge on any atom is 0.251 e. The van der Waals surface area contributed by atoms with Gasteiger partial charge in [-0.15, -0.1) is 0 Å². The average molecular weight is 811 g/mol. The van der Waals surface area contributed by atoms with E-state index >= 15 is 0 Å². The van der Waals surface area contributed by atoms with E-state index in [0.717, 1.165) is 44.9 Å². The second kappa shape index (κ2) is 17.5. The Hall–Kier alpha value is -4.21. The number of para-hydroxylation sites is 2. The van der Waals surface area contributed by atoms with Crippen molar-refractivity contribution in [3.8, 4) is 5.88 Å². The van der Waals surface area contributed by atoms with E-state index < -0.39 is 59.5 Å². The summed E-state index contributed by atoms with van der Waals surface area (Å²) in [6, 6.07) is 6.99. The van der Waals surface area contributed by atoms with Gasteiger partial charge in [-0.2, -0.15) is 0 Å². The Morgan fingerprint density at radius 3 is 2.38 bits per heavy atom. The number of hydrogen-bond acceptors (Lipinski definition) is 9. The number of aromatic nitrogens is 1. The van der Waals surface area contributed by atoms with E-state index in [1.807, 2.05) is 50.9 Å². The second-order valence-corrected chi connectivity index (χ2v) is 17.4. The highest BCUT2D eigenvalue weighted by Crippen LogP contribution is 2.41. The Morgan fingerprint density at radius 1 is 1.04 bits per heavy atom. The Kier molecular flexibility index (Phi) is 13.0. The molecule has 2 aliphatic heterocycles. The summed E-state index contributed by atoms with van der Waals surface area (Å²) >= 11 is 11.8. The van der Waals surface area contributed by atoms with Crippen molar-refractivity contribution >= 4 is 63.9 Å². The lowest BCUT2D eigenvalue weighted by Gasteiger charge is -2.37. The Bertz CT molecular complexity index is 1770. The van der Waals surface area contributed by atoms with E-state index in [9.17, 15) is 24.3 Å². The molecule has 14 nitrogen and oxygen atoms in total. The Balaban J connectivity index is 1.26. The molecule has 16 heteroatoms. The van der Waals surface area contributed by atoms with E-state index in [-0.39, 0.29) is 36.7 Å². The molecular weight excluding hydrogens is 756 g/mol.